The Bertz CT molecular complexity index is 431. The molecule has 0 aromatic carbocycles. The van der Waals surface area contributed by atoms with E-state index < -0.39 is 10.7 Å². The maximum atomic E-state index is 11.6. The van der Waals surface area contributed by atoms with Crippen LogP contribution in [0.1, 0.15) is 12.8 Å². The van der Waals surface area contributed by atoms with Gasteiger partial charge in [-0.05, 0) is 25.9 Å². The molecule has 0 unspecified atom stereocenters. The lowest BCUT2D eigenvalue weighted by molar-refractivity contribution is 0.299. The topological polar surface area (TPSA) is 66.9 Å². The molecule has 2 rings (SSSR count). The minimum absolute atomic E-state index is 0.351. The maximum absolute atomic E-state index is 11.6. The second-order valence-electron chi connectivity index (χ2n) is 3.62. The van der Waals surface area contributed by atoms with E-state index >= 15 is 0 Å². The lowest BCUT2D eigenvalue weighted by Crippen LogP contribution is -2.50. The van der Waals surface area contributed by atoms with Gasteiger partial charge in [-0.3, -0.25) is 4.79 Å². The van der Waals surface area contributed by atoms with E-state index in [4.69, 9.17) is 11.6 Å². The van der Waals surface area contributed by atoms with Gasteiger partial charge >= 0.3 is 5.69 Å². The number of halogens is 1. The highest BCUT2D eigenvalue weighted by Gasteiger charge is 2.33. The van der Waals surface area contributed by atoms with Crippen molar-refractivity contribution in [2.45, 2.75) is 17.8 Å². The number of hydrogen-bond donors (Lipinski definition) is 2. The number of alkyl halides is 1. The molecule has 0 aliphatic carbocycles. The molecule has 6 heteroatoms. The zero-order valence-corrected chi connectivity index (χ0v) is 8.88. The Morgan fingerprint density at radius 1 is 1.33 bits per heavy atom. The van der Waals surface area contributed by atoms with Gasteiger partial charge in [0.15, 0.2) is 0 Å². The number of piperidine rings is 1. The molecular weight excluding hydrogens is 218 g/mol. The number of H-pyrrole nitrogens is 1. The van der Waals surface area contributed by atoms with Crippen LogP contribution in [-0.4, -0.2) is 22.6 Å². The molecule has 1 aliphatic heterocycles. The van der Waals surface area contributed by atoms with Crippen molar-refractivity contribution in [2.75, 3.05) is 13.1 Å². The van der Waals surface area contributed by atoms with Crippen LogP contribution >= 0.6 is 11.6 Å². The third-order valence-corrected chi connectivity index (χ3v) is 3.17. The summed E-state index contributed by atoms with van der Waals surface area (Å²) < 4.78 is 1.11. The molecule has 0 spiro atoms. The predicted octanol–water partition coefficient (Wildman–Crippen LogP) is -0.188. The van der Waals surface area contributed by atoms with Gasteiger partial charge in [-0.25, -0.2) is 9.36 Å². The fourth-order valence-electron chi connectivity index (χ4n) is 1.84. The largest absolute Gasteiger partial charge is 0.329 e. The maximum Gasteiger partial charge on any atom is 0.329 e. The van der Waals surface area contributed by atoms with Crippen LogP contribution in [0.25, 0.3) is 0 Å². The van der Waals surface area contributed by atoms with E-state index in [0.717, 1.165) is 4.57 Å². The normalized spacial score (nSPS) is 20.1. The van der Waals surface area contributed by atoms with Gasteiger partial charge in [-0.15, -0.1) is 0 Å². The summed E-state index contributed by atoms with van der Waals surface area (Å²) in [5.74, 6) is 0. The van der Waals surface area contributed by atoms with Gasteiger partial charge in [0, 0.05) is 12.3 Å². The average Bonchev–Trinajstić information content (AvgIpc) is 2.18. The summed E-state index contributed by atoms with van der Waals surface area (Å²) in [6.45, 7) is 1.43. The summed E-state index contributed by atoms with van der Waals surface area (Å²) >= 11 is 6.31. The lowest BCUT2D eigenvalue weighted by atomic mass is 10.1. The molecule has 1 saturated heterocycles. The summed E-state index contributed by atoms with van der Waals surface area (Å²) in [6.07, 6.45) is 2.48. The van der Waals surface area contributed by atoms with Crippen LogP contribution in [0, 0.1) is 0 Å². The average molecular weight is 230 g/mol. The van der Waals surface area contributed by atoms with Crippen molar-refractivity contribution >= 4 is 11.6 Å². The van der Waals surface area contributed by atoms with Crippen molar-refractivity contribution < 1.29 is 0 Å². The van der Waals surface area contributed by atoms with Crippen LogP contribution in [-0.2, 0) is 5.00 Å². The van der Waals surface area contributed by atoms with Crippen LogP contribution in [0.15, 0.2) is 21.9 Å². The first kappa shape index (κ1) is 10.4. The number of aromatic nitrogens is 2. The summed E-state index contributed by atoms with van der Waals surface area (Å²) in [6, 6.07) is 1.31. The van der Waals surface area contributed by atoms with E-state index in [1.54, 1.807) is 0 Å². The van der Waals surface area contributed by atoms with Gasteiger partial charge in [-0.2, -0.15) is 0 Å². The van der Waals surface area contributed by atoms with Gasteiger partial charge in [0.25, 0.3) is 5.56 Å². The van der Waals surface area contributed by atoms with E-state index in [9.17, 15) is 9.59 Å². The number of nitrogens with zero attached hydrogens (tertiary/aromatic N) is 1. The Morgan fingerprint density at radius 2 is 2.00 bits per heavy atom. The minimum atomic E-state index is -0.878. The lowest BCUT2D eigenvalue weighted by Gasteiger charge is -2.32. The zero-order valence-electron chi connectivity index (χ0n) is 8.12. The SMILES string of the molecule is O=c1cc[nH]c(=O)n1C1(Cl)CCNCC1. The Labute approximate surface area is 91.1 Å². The fraction of sp³-hybridized carbons (Fsp3) is 0.556. The second kappa shape index (κ2) is 3.83. The molecule has 5 nitrogen and oxygen atoms in total. The number of nitrogens with one attached hydrogen (secondary N) is 2. The van der Waals surface area contributed by atoms with E-state index in [1.807, 2.05) is 0 Å². The molecule has 0 saturated carbocycles. The van der Waals surface area contributed by atoms with Crippen molar-refractivity contribution in [3.8, 4) is 0 Å². The van der Waals surface area contributed by atoms with Crippen molar-refractivity contribution in [1.82, 2.24) is 14.9 Å². The van der Waals surface area contributed by atoms with Crippen LogP contribution in [0.4, 0.5) is 0 Å². The molecule has 82 valence electrons. The van der Waals surface area contributed by atoms with Gasteiger partial charge in [0.1, 0.15) is 5.00 Å². The van der Waals surface area contributed by atoms with Crippen LogP contribution in [0.5, 0.6) is 0 Å². The smallest absolute Gasteiger partial charge is 0.316 e. The molecule has 1 fully saturated rings. The van der Waals surface area contributed by atoms with Crippen LogP contribution in [0.3, 0.4) is 0 Å². The first-order valence-electron chi connectivity index (χ1n) is 4.84. The van der Waals surface area contributed by atoms with Crippen molar-refractivity contribution in [3.05, 3.63) is 33.1 Å². The molecule has 0 radical (unpaired) electrons. The Kier molecular flexibility index (Phi) is 2.67. The molecule has 0 atom stereocenters. The van der Waals surface area contributed by atoms with Crippen LogP contribution in [0.2, 0.25) is 0 Å². The standard InChI is InChI=1S/C9H12ClN3O2/c10-9(2-5-11-6-3-9)13-7(14)1-4-12-8(13)15/h1,4,11H,2-3,5-6H2,(H,12,15). The summed E-state index contributed by atoms with van der Waals surface area (Å²) in [5.41, 5.74) is -0.796. The van der Waals surface area contributed by atoms with Crippen LogP contribution < -0.4 is 16.6 Å². The number of aromatic amines is 1. The van der Waals surface area contributed by atoms with Gasteiger partial charge < -0.3 is 10.3 Å². The fourth-order valence-corrected chi connectivity index (χ4v) is 2.19. The number of rotatable bonds is 1. The van der Waals surface area contributed by atoms with E-state index in [-0.39, 0.29) is 5.56 Å². The van der Waals surface area contributed by atoms with Gasteiger partial charge in [0.2, 0.25) is 0 Å². The molecule has 1 aromatic heterocycles. The Balaban J connectivity index is 2.52. The molecule has 1 aliphatic rings. The highest BCUT2D eigenvalue weighted by Crippen LogP contribution is 2.28. The first-order chi connectivity index (χ1) is 7.13. The summed E-state index contributed by atoms with van der Waals surface area (Å²) in [4.78, 5) is 24.7. The molecule has 15 heavy (non-hydrogen) atoms. The third kappa shape index (κ3) is 1.85. The van der Waals surface area contributed by atoms with Gasteiger partial charge in [0.05, 0.1) is 0 Å². The number of hydrogen-bond acceptors (Lipinski definition) is 3. The molecule has 0 bridgehead atoms. The Hall–Kier alpha value is -1.07. The summed E-state index contributed by atoms with van der Waals surface area (Å²) in [7, 11) is 0. The quantitative estimate of drug-likeness (QED) is 0.656. The monoisotopic (exact) mass is 229 g/mol. The first-order valence-corrected chi connectivity index (χ1v) is 5.22. The Morgan fingerprint density at radius 3 is 2.60 bits per heavy atom. The predicted molar refractivity (Wildman–Crippen MR) is 57.3 cm³/mol. The molecule has 2 heterocycles. The molecular formula is C9H12ClN3O2. The minimum Gasteiger partial charge on any atom is -0.316 e. The molecule has 0 amide bonds. The molecule has 2 N–H and O–H groups in total. The van der Waals surface area contributed by atoms with Crippen molar-refractivity contribution in [2.24, 2.45) is 0 Å². The molecule has 1 aromatic rings. The van der Waals surface area contributed by atoms with E-state index in [1.165, 1.54) is 12.3 Å². The summed E-state index contributed by atoms with van der Waals surface area (Å²) in [5, 5.41) is 3.14. The third-order valence-electron chi connectivity index (χ3n) is 2.63. The van der Waals surface area contributed by atoms with E-state index in [0.29, 0.717) is 25.9 Å². The van der Waals surface area contributed by atoms with Crippen molar-refractivity contribution in [3.63, 3.8) is 0 Å². The van der Waals surface area contributed by atoms with Gasteiger partial charge in [-0.1, -0.05) is 11.6 Å². The highest BCUT2D eigenvalue weighted by molar-refractivity contribution is 6.22. The van der Waals surface area contributed by atoms with Crippen molar-refractivity contribution in [1.29, 1.82) is 0 Å². The zero-order chi connectivity index (χ0) is 10.9. The van der Waals surface area contributed by atoms with E-state index in [2.05, 4.69) is 10.3 Å². The highest BCUT2D eigenvalue weighted by atomic mass is 35.5. The second-order valence-corrected chi connectivity index (χ2v) is 4.33.